The topological polar surface area (TPSA) is 94.9 Å². The third-order valence-electron chi connectivity index (χ3n) is 2.82. The number of hydrogen-bond acceptors (Lipinski definition) is 4. The molecule has 1 aromatic heterocycles. The van der Waals surface area contributed by atoms with Crippen LogP contribution in [-0.4, -0.2) is 29.0 Å². The number of nitrogens with zero attached hydrogens (tertiary/aromatic N) is 6. The number of rotatable bonds is 3. The fourth-order valence-corrected chi connectivity index (χ4v) is 2.10. The van der Waals surface area contributed by atoms with Crippen LogP contribution in [0.25, 0.3) is 10.4 Å². The van der Waals surface area contributed by atoms with Gasteiger partial charge >= 0.3 is 6.18 Å². The minimum absolute atomic E-state index is 0.0518. The van der Waals surface area contributed by atoms with E-state index in [1.54, 1.807) is 0 Å². The quantitative estimate of drug-likeness (QED) is 0.371. The van der Waals surface area contributed by atoms with Crippen molar-refractivity contribution >= 4 is 23.5 Å². The van der Waals surface area contributed by atoms with Crippen molar-refractivity contribution in [3.05, 3.63) is 27.4 Å². The van der Waals surface area contributed by atoms with E-state index in [1.807, 2.05) is 0 Å². The zero-order valence-electron chi connectivity index (χ0n) is 10.4. The van der Waals surface area contributed by atoms with Crippen molar-refractivity contribution in [1.82, 2.24) is 9.97 Å². The molecule has 11 heteroatoms. The Morgan fingerprint density at radius 1 is 1.52 bits per heavy atom. The van der Waals surface area contributed by atoms with E-state index in [0.29, 0.717) is 6.07 Å². The van der Waals surface area contributed by atoms with E-state index in [2.05, 4.69) is 20.0 Å². The van der Waals surface area contributed by atoms with E-state index in [-0.39, 0.29) is 25.4 Å². The Balaban J connectivity index is 2.28. The average Bonchev–Trinajstić information content (AvgIpc) is 2.76. The summed E-state index contributed by atoms with van der Waals surface area (Å²) in [4.78, 5) is 22.4. The van der Waals surface area contributed by atoms with Gasteiger partial charge in [0.1, 0.15) is 5.15 Å². The SMILES string of the molecule is [N-]=[N+]=NCC1CC(=O)N(c2nc(Cl)cc(C(F)(F)F)n2)C1. The lowest BCUT2D eigenvalue weighted by Crippen LogP contribution is -2.28. The smallest absolute Gasteiger partial charge is 0.280 e. The van der Waals surface area contributed by atoms with Crippen molar-refractivity contribution in [3.8, 4) is 0 Å². The fraction of sp³-hybridized carbons (Fsp3) is 0.500. The molecule has 1 atom stereocenters. The summed E-state index contributed by atoms with van der Waals surface area (Å²) in [5.41, 5.74) is 7.01. The zero-order chi connectivity index (χ0) is 15.6. The number of anilines is 1. The number of amides is 1. The summed E-state index contributed by atoms with van der Waals surface area (Å²) in [5.74, 6) is -1.13. The number of carbonyl (C=O) groups is 1. The highest BCUT2D eigenvalue weighted by molar-refractivity contribution is 6.29. The van der Waals surface area contributed by atoms with Gasteiger partial charge in [0.2, 0.25) is 11.9 Å². The first-order chi connectivity index (χ1) is 9.81. The molecule has 1 amide bonds. The van der Waals surface area contributed by atoms with Crippen LogP contribution in [0.3, 0.4) is 0 Å². The summed E-state index contributed by atoms with van der Waals surface area (Å²) in [5, 5.41) is 2.94. The summed E-state index contributed by atoms with van der Waals surface area (Å²) in [6.45, 7) is 0.154. The molecule has 2 heterocycles. The van der Waals surface area contributed by atoms with Gasteiger partial charge in [-0.1, -0.05) is 16.7 Å². The molecule has 1 saturated heterocycles. The highest BCUT2D eigenvalue weighted by Gasteiger charge is 2.36. The molecule has 1 aliphatic rings. The van der Waals surface area contributed by atoms with Gasteiger partial charge in [0, 0.05) is 30.5 Å². The van der Waals surface area contributed by atoms with Crippen LogP contribution in [0.1, 0.15) is 12.1 Å². The third kappa shape index (κ3) is 3.53. The first-order valence-corrected chi connectivity index (χ1v) is 6.12. The third-order valence-corrected chi connectivity index (χ3v) is 3.02. The maximum atomic E-state index is 12.7. The number of alkyl halides is 3. The van der Waals surface area contributed by atoms with Gasteiger partial charge in [-0.15, -0.1) is 0 Å². The molecule has 0 saturated carbocycles. The molecule has 1 fully saturated rings. The molecule has 0 aromatic carbocycles. The van der Waals surface area contributed by atoms with E-state index >= 15 is 0 Å². The van der Waals surface area contributed by atoms with Crippen molar-refractivity contribution in [3.63, 3.8) is 0 Å². The van der Waals surface area contributed by atoms with Gasteiger partial charge in [0.15, 0.2) is 5.69 Å². The molecule has 0 bridgehead atoms. The van der Waals surface area contributed by atoms with Crippen LogP contribution in [-0.2, 0) is 11.0 Å². The monoisotopic (exact) mass is 320 g/mol. The van der Waals surface area contributed by atoms with Crippen LogP contribution in [0.2, 0.25) is 5.15 Å². The summed E-state index contributed by atoms with van der Waals surface area (Å²) < 4.78 is 38.0. The highest BCUT2D eigenvalue weighted by atomic mass is 35.5. The second-order valence-electron chi connectivity index (χ2n) is 4.36. The van der Waals surface area contributed by atoms with Crippen molar-refractivity contribution in [2.45, 2.75) is 12.6 Å². The lowest BCUT2D eigenvalue weighted by atomic mass is 10.1. The molecule has 0 aliphatic carbocycles. The van der Waals surface area contributed by atoms with Gasteiger partial charge in [-0.3, -0.25) is 9.69 Å². The molecule has 0 spiro atoms. The Morgan fingerprint density at radius 3 is 2.86 bits per heavy atom. The second-order valence-corrected chi connectivity index (χ2v) is 4.75. The normalized spacial score (nSPS) is 18.8. The molecule has 7 nitrogen and oxygen atoms in total. The molecule has 21 heavy (non-hydrogen) atoms. The van der Waals surface area contributed by atoms with Gasteiger partial charge in [0.05, 0.1) is 0 Å². The lowest BCUT2D eigenvalue weighted by molar-refractivity contribution is -0.141. The molecule has 2 rings (SSSR count). The van der Waals surface area contributed by atoms with Crippen LogP contribution in [0, 0.1) is 5.92 Å². The van der Waals surface area contributed by atoms with Crippen LogP contribution >= 0.6 is 11.6 Å². The first kappa shape index (κ1) is 15.3. The lowest BCUT2D eigenvalue weighted by Gasteiger charge is -2.16. The number of azide groups is 1. The van der Waals surface area contributed by atoms with Gasteiger partial charge < -0.3 is 0 Å². The highest BCUT2D eigenvalue weighted by Crippen LogP contribution is 2.31. The predicted molar refractivity (Wildman–Crippen MR) is 66.5 cm³/mol. The number of hydrogen-bond donors (Lipinski definition) is 0. The maximum absolute atomic E-state index is 12.7. The molecule has 0 N–H and O–H groups in total. The van der Waals surface area contributed by atoms with E-state index in [4.69, 9.17) is 17.1 Å². The summed E-state index contributed by atoms with van der Waals surface area (Å²) in [6, 6.07) is 0.586. The Hall–Kier alpha value is -2.06. The molecular weight excluding hydrogens is 313 g/mol. The van der Waals surface area contributed by atoms with Gasteiger partial charge in [0.25, 0.3) is 0 Å². The summed E-state index contributed by atoms with van der Waals surface area (Å²) in [6.07, 6.45) is -4.63. The standard InChI is InChI=1S/C10H8ClF3N6O/c11-7-2-6(10(12,13)14)17-9(18-7)20-4-5(1-8(20)21)3-16-19-15/h2,5H,1,3-4H2. The van der Waals surface area contributed by atoms with Crippen molar-refractivity contribution in [2.75, 3.05) is 18.0 Å². The number of aromatic nitrogens is 2. The average molecular weight is 321 g/mol. The van der Waals surface area contributed by atoms with Crippen molar-refractivity contribution in [1.29, 1.82) is 0 Å². The molecular formula is C10H8ClF3N6O. The fourth-order valence-electron chi connectivity index (χ4n) is 1.92. The van der Waals surface area contributed by atoms with Crippen LogP contribution in [0.4, 0.5) is 19.1 Å². The summed E-state index contributed by atoms with van der Waals surface area (Å²) >= 11 is 5.55. The van der Waals surface area contributed by atoms with E-state index in [0.717, 1.165) is 4.90 Å². The van der Waals surface area contributed by atoms with Crippen molar-refractivity contribution < 1.29 is 18.0 Å². The predicted octanol–water partition coefficient (Wildman–Crippen LogP) is 2.81. The Kier molecular flexibility index (Phi) is 4.19. The molecule has 1 aromatic rings. The first-order valence-electron chi connectivity index (χ1n) is 5.74. The maximum Gasteiger partial charge on any atom is 0.433 e. The Labute approximate surface area is 121 Å². The minimum atomic E-state index is -4.69. The Bertz CT molecular complexity index is 615. The Morgan fingerprint density at radius 2 is 2.24 bits per heavy atom. The largest absolute Gasteiger partial charge is 0.433 e. The number of halogens is 4. The minimum Gasteiger partial charge on any atom is -0.280 e. The molecule has 1 aliphatic heterocycles. The zero-order valence-corrected chi connectivity index (χ0v) is 11.1. The molecule has 1 unspecified atom stereocenters. The van der Waals surface area contributed by atoms with Gasteiger partial charge in [-0.05, 0) is 11.4 Å². The summed E-state index contributed by atoms with van der Waals surface area (Å²) in [7, 11) is 0. The van der Waals surface area contributed by atoms with Crippen molar-refractivity contribution in [2.24, 2.45) is 11.0 Å². The number of carbonyl (C=O) groups excluding carboxylic acids is 1. The van der Waals surface area contributed by atoms with E-state index < -0.39 is 28.9 Å². The molecule has 0 radical (unpaired) electrons. The van der Waals surface area contributed by atoms with Crippen LogP contribution in [0.5, 0.6) is 0 Å². The van der Waals surface area contributed by atoms with E-state index in [1.165, 1.54) is 0 Å². The van der Waals surface area contributed by atoms with Crippen LogP contribution < -0.4 is 4.90 Å². The van der Waals surface area contributed by atoms with Crippen LogP contribution in [0.15, 0.2) is 11.2 Å². The van der Waals surface area contributed by atoms with Gasteiger partial charge in [-0.25, -0.2) is 9.97 Å². The van der Waals surface area contributed by atoms with E-state index in [9.17, 15) is 18.0 Å². The molecule has 112 valence electrons. The van der Waals surface area contributed by atoms with Gasteiger partial charge in [-0.2, -0.15) is 13.2 Å². The second kappa shape index (κ2) is 5.74.